The van der Waals surface area contributed by atoms with Crippen molar-refractivity contribution < 1.29 is 18.0 Å². The topological polar surface area (TPSA) is 78.7 Å². The van der Waals surface area contributed by atoms with Crippen LogP contribution in [0, 0.1) is 0 Å². The summed E-state index contributed by atoms with van der Waals surface area (Å²) in [7, 11) is 0. The van der Waals surface area contributed by atoms with E-state index in [0.717, 1.165) is 17.4 Å². The highest BCUT2D eigenvalue weighted by Gasteiger charge is 2.38. The number of anilines is 1. The molecule has 1 aliphatic heterocycles. The molecule has 2 aliphatic rings. The Bertz CT molecular complexity index is 809. The maximum atomic E-state index is 13.0. The lowest BCUT2D eigenvalue weighted by Gasteiger charge is -2.34. The highest BCUT2D eigenvalue weighted by atomic mass is 19.4. The van der Waals surface area contributed by atoms with E-state index in [2.05, 4.69) is 20.6 Å². The number of piperazine rings is 1. The number of aromatic nitrogens is 4. The van der Waals surface area contributed by atoms with Crippen LogP contribution < -0.4 is 10.2 Å². The van der Waals surface area contributed by atoms with Crippen LogP contribution in [0.5, 0.6) is 0 Å². The van der Waals surface area contributed by atoms with Gasteiger partial charge in [0.25, 0.3) is 5.82 Å². The van der Waals surface area contributed by atoms with Gasteiger partial charge in [-0.3, -0.25) is 9.69 Å². The second kappa shape index (κ2) is 6.38. The zero-order chi connectivity index (χ0) is 18.3. The maximum absolute atomic E-state index is 13.0. The van der Waals surface area contributed by atoms with Gasteiger partial charge in [-0.2, -0.15) is 17.7 Å². The lowest BCUT2D eigenvalue weighted by atomic mass is 10.3. The van der Waals surface area contributed by atoms with Gasteiger partial charge in [0.15, 0.2) is 5.65 Å². The highest BCUT2D eigenvalue weighted by molar-refractivity contribution is 5.78. The van der Waals surface area contributed by atoms with Crippen molar-refractivity contribution in [3.63, 3.8) is 0 Å². The van der Waals surface area contributed by atoms with Crippen LogP contribution in [0.4, 0.5) is 19.0 Å². The number of fused-ring (bicyclic) bond motifs is 1. The standard InChI is InChI=1S/C15H18F3N7O/c16-15(17,18)14-21-20-11-3-4-12(22-25(11)14)24-7-5-23(6-8-24)9-13(26)19-10-1-2-10/h3-4,10H,1-2,5-9H2,(H,19,26). The number of hydrogen-bond acceptors (Lipinski definition) is 6. The third kappa shape index (κ3) is 3.57. The zero-order valence-corrected chi connectivity index (χ0v) is 13.9. The summed E-state index contributed by atoms with van der Waals surface area (Å²) in [5.41, 5.74) is 0.0523. The molecule has 8 nitrogen and oxygen atoms in total. The molecule has 26 heavy (non-hydrogen) atoms. The lowest BCUT2D eigenvalue weighted by molar-refractivity contribution is -0.146. The summed E-state index contributed by atoms with van der Waals surface area (Å²) in [6.45, 7) is 2.80. The first-order valence-corrected chi connectivity index (χ1v) is 8.46. The summed E-state index contributed by atoms with van der Waals surface area (Å²) in [6, 6.07) is 3.45. The second-order valence-electron chi connectivity index (χ2n) is 6.59. The van der Waals surface area contributed by atoms with Crippen molar-refractivity contribution in [2.45, 2.75) is 25.1 Å². The fourth-order valence-electron chi connectivity index (χ4n) is 2.96. The van der Waals surface area contributed by atoms with Gasteiger partial charge in [-0.15, -0.1) is 15.3 Å². The van der Waals surface area contributed by atoms with E-state index in [0.29, 0.717) is 44.6 Å². The molecule has 140 valence electrons. The van der Waals surface area contributed by atoms with Gasteiger partial charge in [-0.1, -0.05) is 0 Å². The molecule has 0 radical (unpaired) electrons. The average molecular weight is 369 g/mol. The summed E-state index contributed by atoms with van der Waals surface area (Å²) in [5, 5.41) is 13.7. The largest absolute Gasteiger partial charge is 0.453 e. The summed E-state index contributed by atoms with van der Waals surface area (Å²) in [5.74, 6) is -0.672. The molecule has 1 saturated heterocycles. The third-order valence-corrected chi connectivity index (χ3v) is 4.51. The summed E-state index contributed by atoms with van der Waals surface area (Å²) in [4.78, 5) is 15.8. The van der Waals surface area contributed by atoms with Crippen molar-refractivity contribution in [3.05, 3.63) is 18.0 Å². The molecule has 11 heteroatoms. The van der Waals surface area contributed by atoms with Crippen LogP contribution in [0.1, 0.15) is 18.7 Å². The van der Waals surface area contributed by atoms with Gasteiger partial charge >= 0.3 is 6.18 Å². The molecule has 2 aromatic heterocycles. The molecule has 0 aromatic carbocycles. The second-order valence-corrected chi connectivity index (χ2v) is 6.59. The average Bonchev–Trinajstić information content (AvgIpc) is 3.28. The van der Waals surface area contributed by atoms with Crippen LogP contribution >= 0.6 is 0 Å². The first kappa shape index (κ1) is 17.0. The number of hydrogen-bond donors (Lipinski definition) is 1. The van der Waals surface area contributed by atoms with Crippen molar-refractivity contribution in [2.24, 2.45) is 0 Å². The Morgan fingerprint density at radius 3 is 2.54 bits per heavy atom. The van der Waals surface area contributed by atoms with Crippen molar-refractivity contribution in [2.75, 3.05) is 37.6 Å². The first-order chi connectivity index (χ1) is 12.4. The predicted octanol–water partition coefficient (Wildman–Crippen LogP) is 0.544. The van der Waals surface area contributed by atoms with Crippen molar-refractivity contribution in [3.8, 4) is 0 Å². The fraction of sp³-hybridized carbons (Fsp3) is 0.600. The van der Waals surface area contributed by atoms with Gasteiger partial charge in [-0.25, -0.2) is 0 Å². The fourth-order valence-corrected chi connectivity index (χ4v) is 2.96. The van der Waals surface area contributed by atoms with E-state index in [1.54, 1.807) is 6.07 Å². The predicted molar refractivity (Wildman–Crippen MR) is 85.6 cm³/mol. The van der Waals surface area contributed by atoms with Crippen LogP contribution in [0.2, 0.25) is 0 Å². The minimum atomic E-state index is -4.61. The molecule has 0 bridgehead atoms. The Morgan fingerprint density at radius 1 is 1.15 bits per heavy atom. The quantitative estimate of drug-likeness (QED) is 0.848. The maximum Gasteiger partial charge on any atom is 0.453 e. The SMILES string of the molecule is O=C(CN1CCN(c2ccc3nnc(C(F)(F)F)n3n2)CC1)NC1CC1. The van der Waals surface area contributed by atoms with Crippen molar-refractivity contribution >= 4 is 17.4 Å². The van der Waals surface area contributed by atoms with E-state index in [9.17, 15) is 18.0 Å². The molecule has 1 saturated carbocycles. The van der Waals surface area contributed by atoms with Gasteiger partial charge < -0.3 is 10.2 Å². The van der Waals surface area contributed by atoms with E-state index in [1.165, 1.54) is 6.07 Å². The van der Waals surface area contributed by atoms with E-state index < -0.39 is 12.0 Å². The number of carbonyl (C=O) groups excluding carboxylic acids is 1. The molecular formula is C15H18F3N7O. The van der Waals surface area contributed by atoms with Crippen molar-refractivity contribution in [1.29, 1.82) is 0 Å². The van der Waals surface area contributed by atoms with Gasteiger partial charge in [0.1, 0.15) is 5.82 Å². The Kier molecular flexibility index (Phi) is 4.17. The van der Waals surface area contributed by atoms with Crippen LogP contribution in [-0.4, -0.2) is 69.4 Å². The number of halogens is 3. The minimum Gasteiger partial charge on any atom is -0.353 e. The number of nitrogens with zero attached hydrogens (tertiary/aromatic N) is 6. The molecule has 4 rings (SSSR count). The summed E-state index contributed by atoms with van der Waals surface area (Å²) >= 11 is 0. The van der Waals surface area contributed by atoms with Gasteiger partial charge in [-0.05, 0) is 25.0 Å². The molecule has 0 unspecified atom stereocenters. The molecular weight excluding hydrogens is 351 g/mol. The van der Waals surface area contributed by atoms with Gasteiger partial charge in [0.2, 0.25) is 5.91 Å². The van der Waals surface area contributed by atoms with E-state index in [1.807, 2.05) is 9.80 Å². The Morgan fingerprint density at radius 2 is 1.88 bits per heavy atom. The lowest BCUT2D eigenvalue weighted by Crippen LogP contribution is -2.50. The zero-order valence-electron chi connectivity index (χ0n) is 13.9. The number of alkyl halides is 3. The summed E-state index contributed by atoms with van der Waals surface area (Å²) in [6.07, 6.45) is -2.51. The number of nitrogens with one attached hydrogen (secondary N) is 1. The molecule has 3 heterocycles. The van der Waals surface area contributed by atoms with E-state index in [-0.39, 0.29) is 11.6 Å². The highest BCUT2D eigenvalue weighted by Crippen LogP contribution is 2.28. The van der Waals surface area contributed by atoms with E-state index in [4.69, 9.17) is 0 Å². The monoisotopic (exact) mass is 369 g/mol. The molecule has 1 amide bonds. The summed E-state index contributed by atoms with van der Waals surface area (Å²) < 4.78 is 39.6. The van der Waals surface area contributed by atoms with Gasteiger partial charge in [0, 0.05) is 32.2 Å². The van der Waals surface area contributed by atoms with Crippen molar-refractivity contribution in [1.82, 2.24) is 30.0 Å². The van der Waals surface area contributed by atoms with Crippen LogP contribution in [0.15, 0.2) is 12.1 Å². The van der Waals surface area contributed by atoms with Crippen LogP contribution in [0.3, 0.4) is 0 Å². The third-order valence-electron chi connectivity index (χ3n) is 4.51. The minimum absolute atomic E-state index is 0.0276. The normalized spacial score (nSPS) is 19.1. The molecule has 2 aromatic rings. The van der Waals surface area contributed by atoms with E-state index >= 15 is 0 Å². The van der Waals surface area contributed by atoms with Gasteiger partial charge in [0.05, 0.1) is 6.54 Å². The number of rotatable bonds is 4. The molecule has 1 aliphatic carbocycles. The molecule has 0 atom stereocenters. The Balaban J connectivity index is 1.41. The number of amides is 1. The number of carbonyl (C=O) groups is 1. The molecule has 0 spiro atoms. The first-order valence-electron chi connectivity index (χ1n) is 8.46. The molecule has 2 fully saturated rings. The Hall–Kier alpha value is -2.43. The Labute approximate surface area is 147 Å². The van der Waals surface area contributed by atoms with Crippen LogP contribution in [0.25, 0.3) is 5.65 Å². The smallest absolute Gasteiger partial charge is 0.353 e. The molecule has 1 N–H and O–H groups in total. The van der Waals surface area contributed by atoms with Crippen LogP contribution in [-0.2, 0) is 11.0 Å².